The van der Waals surface area contributed by atoms with Gasteiger partial charge in [0.2, 0.25) is 0 Å². The molecule has 4 unspecified atom stereocenters. The summed E-state index contributed by atoms with van der Waals surface area (Å²) in [6, 6.07) is 6.62. The van der Waals surface area contributed by atoms with Crippen LogP contribution in [0.25, 0.3) is 0 Å². The van der Waals surface area contributed by atoms with E-state index in [0.29, 0.717) is 6.04 Å². The van der Waals surface area contributed by atoms with Gasteiger partial charge >= 0.3 is 0 Å². The van der Waals surface area contributed by atoms with Crippen LogP contribution in [0.5, 0.6) is 5.75 Å². The minimum atomic E-state index is 0.697. The molecule has 4 atom stereocenters. The van der Waals surface area contributed by atoms with Gasteiger partial charge in [-0.3, -0.25) is 0 Å². The first-order chi connectivity index (χ1) is 8.76. The molecule has 3 fully saturated rings. The molecular weight excluding hydrogens is 224 g/mol. The normalized spacial score (nSPS) is 39.5. The van der Waals surface area contributed by atoms with Gasteiger partial charge in [-0.1, -0.05) is 0 Å². The van der Waals surface area contributed by atoms with Gasteiger partial charge in [0.05, 0.1) is 7.11 Å². The van der Waals surface area contributed by atoms with Crippen LogP contribution in [0.3, 0.4) is 0 Å². The van der Waals surface area contributed by atoms with Crippen molar-refractivity contribution in [3.8, 4) is 5.75 Å². The number of fused-ring (bicyclic) bond motifs is 5. The van der Waals surface area contributed by atoms with Crippen molar-refractivity contribution in [3.63, 3.8) is 0 Å². The van der Waals surface area contributed by atoms with Gasteiger partial charge < -0.3 is 15.8 Å². The molecule has 1 aromatic rings. The average molecular weight is 244 g/mol. The molecule has 0 amide bonds. The van der Waals surface area contributed by atoms with Gasteiger partial charge in [-0.2, -0.15) is 0 Å². The van der Waals surface area contributed by atoms with E-state index in [1.165, 1.54) is 19.3 Å². The monoisotopic (exact) mass is 244 g/mol. The van der Waals surface area contributed by atoms with Crippen LogP contribution < -0.4 is 15.8 Å². The first kappa shape index (κ1) is 10.5. The summed E-state index contributed by atoms with van der Waals surface area (Å²) in [5.41, 5.74) is 7.78. The lowest BCUT2D eigenvalue weighted by Crippen LogP contribution is -2.12. The maximum Gasteiger partial charge on any atom is 0.122 e. The van der Waals surface area contributed by atoms with Crippen LogP contribution in [-0.2, 0) is 0 Å². The van der Waals surface area contributed by atoms with E-state index in [2.05, 4.69) is 5.32 Å². The Labute approximate surface area is 108 Å². The highest BCUT2D eigenvalue weighted by atomic mass is 16.5. The van der Waals surface area contributed by atoms with Crippen molar-refractivity contribution in [2.75, 3.05) is 18.2 Å². The Morgan fingerprint density at radius 2 is 1.89 bits per heavy atom. The van der Waals surface area contributed by atoms with Crippen LogP contribution >= 0.6 is 0 Å². The van der Waals surface area contributed by atoms with E-state index in [1.54, 1.807) is 7.11 Å². The summed E-state index contributed by atoms with van der Waals surface area (Å²) < 4.78 is 5.27. The van der Waals surface area contributed by atoms with Crippen LogP contribution in [-0.4, -0.2) is 13.2 Å². The fourth-order valence-corrected chi connectivity index (χ4v) is 4.53. The van der Waals surface area contributed by atoms with Crippen LogP contribution in [0.2, 0.25) is 0 Å². The summed E-state index contributed by atoms with van der Waals surface area (Å²) in [5.74, 6) is 4.72. The predicted molar refractivity (Wildman–Crippen MR) is 72.6 cm³/mol. The number of ether oxygens (including phenoxy) is 1. The first-order valence-electron chi connectivity index (χ1n) is 6.97. The van der Waals surface area contributed by atoms with E-state index >= 15 is 0 Å². The maximum absolute atomic E-state index is 5.89. The summed E-state index contributed by atoms with van der Waals surface area (Å²) in [7, 11) is 1.69. The Balaban J connectivity index is 1.51. The van der Waals surface area contributed by atoms with Gasteiger partial charge in [0, 0.05) is 29.5 Å². The Morgan fingerprint density at radius 1 is 1.17 bits per heavy atom. The molecule has 3 nitrogen and oxygen atoms in total. The van der Waals surface area contributed by atoms with Crippen LogP contribution in [0.15, 0.2) is 18.2 Å². The molecule has 0 aromatic heterocycles. The molecule has 4 rings (SSSR count). The molecule has 0 spiro atoms. The number of benzene rings is 1. The largest absolute Gasteiger partial charge is 0.497 e. The smallest absolute Gasteiger partial charge is 0.122 e. The van der Waals surface area contributed by atoms with Crippen LogP contribution in [0.1, 0.15) is 19.3 Å². The number of hydrogen-bond donors (Lipinski definition) is 2. The molecule has 0 aliphatic heterocycles. The molecule has 0 saturated heterocycles. The molecule has 96 valence electrons. The zero-order valence-electron chi connectivity index (χ0n) is 10.7. The van der Waals surface area contributed by atoms with Gasteiger partial charge in [-0.05, 0) is 49.0 Å². The van der Waals surface area contributed by atoms with E-state index in [-0.39, 0.29) is 0 Å². The lowest BCUT2D eigenvalue weighted by molar-refractivity contribution is 0.415. The quantitative estimate of drug-likeness (QED) is 0.804. The second-order valence-corrected chi connectivity index (χ2v) is 6.15. The number of rotatable bonds is 3. The molecule has 3 N–H and O–H groups in total. The Hall–Kier alpha value is -1.38. The zero-order chi connectivity index (χ0) is 12.3. The topological polar surface area (TPSA) is 47.3 Å². The maximum atomic E-state index is 5.89. The molecule has 3 aliphatic carbocycles. The molecule has 3 aliphatic rings. The molecule has 18 heavy (non-hydrogen) atoms. The van der Waals surface area contributed by atoms with E-state index in [1.807, 2.05) is 18.2 Å². The Morgan fingerprint density at radius 3 is 2.56 bits per heavy atom. The van der Waals surface area contributed by atoms with Gasteiger partial charge in [0.1, 0.15) is 5.75 Å². The van der Waals surface area contributed by atoms with Gasteiger partial charge in [0.25, 0.3) is 0 Å². The third-order valence-electron chi connectivity index (χ3n) is 5.23. The zero-order valence-corrected chi connectivity index (χ0v) is 10.7. The Kier molecular flexibility index (Phi) is 2.08. The highest BCUT2D eigenvalue weighted by molar-refractivity contribution is 5.60. The third kappa shape index (κ3) is 1.43. The van der Waals surface area contributed by atoms with E-state index in [9.17, 15) is 0 Å². The highest BCUT2D eigenvalue weighted by Crippen LogP contribution is 2.66. The molecule has 3 saturated carbocycles. The van der Waals surface area contributed by atoms with E-state index in [0.717, 1.165) is 40.8 Å². The molecule has 2 bridgehead atoms. The highest BCUT2D eigenvalue weighted by Gasteiger charge is 2.64. The van der Waals surface area contributed by atoms with Crippen molar-refractivity contribution >= 4 is 11.4 Å². The Bertz CT molecular complexity index is 471. The minimum absolute atomic E-state index is 0.697. The fourth-order valence-electron chi connectivity index (χ4n) is 4.53. The summed E-state index contributed by atoms with van der Waals surface area (Å²) in [4.78, 5) is 0. The van der Waals surface area contributed by atoms with Crippen molar-refractivity contribution in [1.82, 2.24) is 0 Å². The van der Waals surface area contributed by atoms with Gasteiger partial charge in [-0.25, -0.2) is 0 Å². The van der Waals surface area contributed by atoms with Gasteiger partial charge in [-0.15, -0.1) is 0 Å². The summed E-state index contributed by atoms with van der Waals surface area (Å²) in [6.07, 6.45) is 4.42. The lowest BCUT2D eigenvalue weighted by Gasteiger charge is -2.13. The number of nitrogens with two attached hydrogens (primary N) is 1. The van der Waals surface area contributed by atoms with Crippen LogP contribution in [0.4, 0.5) is 11.4 Å². The van der Waals surface area contributed by atoms with Crippen molar-refractivity contribution < 1.29 is 4.74 Å². The molecule has 1 aromatic carbocycles. The molecule has 0 heterocycles. The number of anilines is 2. The SMILES string of the molecule is COc1cc(N)cc(NC2C3C4CCC(C4)C23)c1. The van der Waals surface area contributed by atoms with E-state index in [4.69, 9.17) is 10.5 Å². The summed E-state index contributed by atoms with van der Waals surface area (Å²) in [6.45, 7) is 0. The standard InChI is InChI=1S/C15H20N2O/c1-18-12-6-10(16)5-11(7-12)17-15-13-8-2-3-9(4-8)14(13)15/h5-9,13-15,17H,2-4,16H2,1H3. The fraction of sp³-hybridized carbons (Fsp3) is 0.600. The second-order valence-electron chi connectivity index (χ2n) is 6.15. The van der Waals surface area contributed by atoms with Crippen molar-refractivity contribution in [2.45, 2.75) is 25.3 Å². The van der Waals surface area contributed by atoms with Crippen molar-refractivity contribution in [3.05, 3.63) is 18.2 Å². The molecule has 0 radical (unpaired) electrons. The average Bonchev–Trinajstić information content (AvgIpc) is 2.76. The lowest BCUT2D eigenvalue weighted by atomic mass is 10.0. The number of nitrogen functional groups attached to an aromatic ring is 1. The van der Waals surface area contributed by atoms with Crippen molar-refractivity contribution in [1.29, 1.82) is 0 Å². The third-order valence-corrected chi connectivity index (χ3v) is 5.23. The number of hydrogen-bond acceptors (Lipinski definition) is 3. The molecule has 3 heteroatoms. The van der Waals surface area contributed by atoms with Crippen LogP contribution in [0, 0.1) is 23.7 Å². The number of methoxy groups -OCH3 is 1. The summed E-state index contributed by atoms with van der Waals surface area (Å²) >= 11 is 0. The number of nitrogens with one attached hydrogen (secondary N) is 1. The van der Waals surface area contributed by atoms with Gasteiger partial charge in [0.15, 0.2) is 0 Å². The second kappa shape index (κ2) is 3.56. The first-order valence-corrected chi connectivity index (χ1v) is 6.97. The molecular formula is C15H20N2O. The van der Waals surface area contributed by atoms with Crippen molar-refractivity contribution in [2.24, 2.45) is 23.7 Å². The van der Waals surface area contributed by atoms with E-state index < -0.39 is 0 Å². The minimum Gasteiger partial charge on any atom is -0.497 e. The summed E-state index contributed by atoms with van der Waals surface area (Å²) in [5, 5.41) is 3.67. The predicted octanol–water partition coefficient (Wildman–Crippen LogP) is 2.73.